The molecule has 0 radical (unpaired) electrons. The Labute approximate surface area is 497 Å². The number of rotatable bonds is 33. The highest BCUT2D eigenvalue weighted by Crippen LogP contribution is 2.41. The molecule has 2 aromatic carbocycles. The van der Waals surface area contributed by atoms with Crippen molar-refractivity contribution < 1.29 is 62.1 Å². The molecule has 0 spiro atoms. The van der Waals surface area contributed by atoms with Crippen LogP contribution in [0.3, 0.4) is 0 Å². The van der Waals surface area contributed by atoms with Gasteiger partial charge in [0.2, 0.25) is 47.3 Å². The number of carbonyl (C=O) groups excluding carboxylic acids is 8. The highest BCUT2D eigenvalue weighted by Gasteiger charge is 2.39. The number of pyridine rings is 1. The first-order chi connectivity index (χ1) is 40.7. The molecule has 12 N–H and O–H groups in total. The monoisotopic (exact) mass is 1200 g/mol. The number of halogens is 2. The average Bonchev–Trinajstić information content (AvgIpc) is 2.28. The molecule has 5 rings (SSSR count). The largest absolute Gasteiger partial charge is 0.481 e. The zero-order valence-corrected chi connectivity index (χ0v) is 49.4. The maximum absolute atomic E-state index is 15.5. The minimum absolute atomic E-state index is 0.0519. The van der Waals surface area contributed by atoms with Crippen LogP contribution < -0.4 is 43.0 Å². The second-order valence-corrected chi connectivity index (χ2v) is 22.6. The van der Waals surface area contributed by atoms with Gasteiger partial charge < -0.3 is 67.6 Å². The molecule has 0 saturated heterocycles. The van der Waals surface area contributed by atoms with Gasteiger partial charge in [0.1, 0.15) is 42.4 Å². The number of carboxylic acids is 1. The Kier molecular flexibility index (Phi) is 25.1. The minimum atomic E-state index is -1.80. The predicted molar refractivity (Wildman–Crippen MR) is 313 cm³/mol. The third-order valence-corrected chi connectivity index (χ3v) is 14.6. The fourth-order valence-electron chi connectivity index (χ4n) is 9.56. The summed E-state index contributed by atoms with van der Waals surface area (Å²) in [5.74, 6) is -9.10. The molecular weight excluding hydrogens is 1120 g/mol. The summed E-state index contributed by atoms with van der Waals surface area (Å²) in [6, 6.07) is 10.0. The SMILES string of the molecule is CC(C)C(C)(CCC(=O)O)NCC(=O)NCCNC(=O)[C@H](CCN(C(=O)CO)[C@@H](c1cc(-c2cc(F)ccc2F)cn1Cc1ccccc1)C(C)(C)C)NC(=O)[C@H](CC(N)=O)NC(=O)[C@@H](Cc1c[nH]cn1)NC(=O)[C@H](C)NC(=O)Cc1ccncc1. The van der Waals surface area contributed by atoms with E-state index in [4.69, 9.17) is 5.73 Å². The number of H-pyrrole nitrogens is 1. The topological polar surface area (TPSA) is 354 Å². The van der Waals surface area contributed by atoms with Gasteiger partial charge in [-0.25, -0.2) is 13.8 Å². The third kappa shape index (κ3) is 20.7. The molecule has 6 atom stereocenters. The zero-order chi connectivity index (χ0) is 63.3. The number of aromatic nitrogens is 4. The number of carbonyl (C=O) groups is 9. The van der Waals surface area contributed by atoms with Gasteiger partial charge in [-0.15, -0.1) is 0 Å². The van der Waals surface area contributed by atoms with Gasteiger partial charge in [0, 0.05) is 86.2 Å². The van der Waals surface area contributed by atoms with Crippen molar-refractivity contribution >= 4 is 53.2 Å². The lowest BCUT2D eigenvalue weighted by atomic mass is 9.82. The number of hydrogen-bond acceptors (Lipinski definition) is 13. The van der Waals surface area contributed by atoms with Crippen LogP contribution in [0, 0.1) is 23.0 Å². The first-order valence-corrected chi connectivity index (χ1v) is 28.1. The number of aliphatic hydroxyl groups excluding tert-OH is 1. The van der Waals surface area contributed by atoms with E-state index in [-0.39, 0.29) is 75.5 Å². The van der Waals surface area contributed by atoms with Crippen LogP contribution in [0.5, 0.6) is 0 Å². The van der Waals surface area contributed by atoms with Crippen LogP contribution in [0.4, 0.5) is 8.78 Å². The van der Waals surface area contributed by atoms with E-state index < -0.39 is 125 Å². The van der Waals surface area contributed by atoms with E-state index in [0.29, 0.717) is 17.0 Å². The number of hydrogen-bond donors (Lipinski definition) is 11. The molecule has 3 heterocycles. The van der Waals surface area contributed by atoms with Gasteiger partial charge >= 0.3 is 5.97 Å². The quantitative estimate of drug-likeness (QED) is 0.0269. The summed E-state index contributed by atoms with van der Waals surface area (Å²) in [4.78, 5) is 133. The molecule has 3 aromatic heterocycles. The van der Waals surface area contributed by atoms with Crippen molar-refractivity contribution in [3.8, 4) is 11.1 Å². The number of benzene rings is 2. The Morgan fingerprint density at radius 2 is 1.44 bits per heavy atom. The molecule has 0 bridgehead atoms. The number of nitrogens with two attached hydrogens (primary N) is 1. The van der Waals surface area contributed by atoms with Crippen LogP contribution in [-0.2, 0) is 62.5 Å². The number of aliphatic carboxylic acids is 1. The Morgan fingerprint density at radius 1 is 0.779 bits per heavy atom. The number of aromatic amines is 1. The molecule has 8 amide bonds. The van der Waals surface area contributed by atoms with Crippen LogP contribution in [0.15, 0.2) is 97.8 Å². The Bertz CT molecular complexity index is 3120. The molecular formula is C60H79F2N13O11. The van der Waals surface area contributed by atoms with E-state index >= 15 is 4.39 Å². The highest BCUT2D eigenvalue weighted by atomic mass is 19.1. The van der Waals surface area contributed by atoms with E-state index in [1.807, 2.05) is 71.9 Å². The van der Waals surface area contributed by atoms with Crippen molar-refractivity contribution in [1.82, 2.24) is 61.6 Å². The lowest BCUT2D eigenvalue weighted by Gasteiger charge is -2.41. The minimum Gasteiger partial charge on any atom is -0.481 e. The van der Waals surface area contributed by atoms with Crippen molar-refractivity contribution in [2.24, 2.45) is 17.1 Å². The summed E-state index contributed by atoms with van der Waals surface area (Å²) >= 11 is 0. The van der Waals surface area contributed by atoms with E-state index in [9.17, 15) is 57.8 Å². The number of imidazole rings is 1. The normalized spacial score (nSPS) is 13.8. The molecule has 5 aromatic rings. The molecule has 464 valence electrons. The summed E-state index contributed by atoms with van der Waals surface area (Å²) in [6.45, 7) is 10.7. The highest BCUT2D eigenvalue weighted by molar-refractivity contribution is 5.97. The Balaban J connectivity index is 1.46. The molecule has 1 unspecified atom stereocenters. The first kappa shape index (κ1) is 67.9. The van der Waals surface area contributed by atoms with Crippen LogP contribution in [0.2, 0.25) is 0 Å². The summed E-state index contributed by atoms with van der Waals surface area (Å²) < 4.78 is 32.0. The maximum Gasteiger partial charge on any atom is 0.303 e. The smallest absolute Gasteiger partial charge is 0.303 e. The van der Waals surface area contributed by atoms with Crippen molar-refractivity contribution in [3.05, 3.63) is 132 Å². The van der Waals surface area contributed by atoms with Crippen molar-refractivity contribution in [2.45, 2.75) is 129 Å². The molecule has 86 heavy (non-hydrogen) atoms. The molecule has 24 nitrogen and oxygen atoms in total. The van der Waals surface area contributed by atoms with Crippen LogP contribution in [0.1, 0.15) is 103 Å². The van der Waals surface area contributed by atoms with E-state index in [1.54, 1.807) is 29.0 Å². The average molecular weight is 1200 g/mol. The van der Waals surface area contributed by atoms with E-state index in [0.717, 1.165) is 23.8 Å². The second kappa shape index (κ2) is 31.8. The van der Waals surface area contributed by atoms with Crippen LogP contribution >= 0.6 is 0 Å². The molecule has 0 aliphatic carbocycles. The summed E-state index contributed by atoms with van der Waals surface area (Å²) in [6.07, 6.45) is 5.97. The van der Waals surface area contributed by atoms with Gasteiger partial charge in [-0.05, 0) is 85.5 Å². The number of carboxylic acid groups (broad SMARTS) is 1. The number of aliphatic hydroxyl groups is 1. The van der Waals surface area contributed by atoms with Gasteiger partial charge in [0.15, 0.2) is 0 Å². The molecule has 0 aliphatic rings. The predicted octanol–water partition coefficient (Wildman–Crippen LogP) is 2.32. The van der Waals surface area contributed by atoms with Gasteiger partial charge in [-0.1, -0.05) is 65.0 Å². The maximum atomic E-state index is 15.5. The summed E-state index contributed by atoms with van der Waals surface area (Å²) in [5.41, 5.74) is 6.38. The number of primary amides is 1. The number of nitrogens with zero attached hydrogens (tertiary/aromatic N) is 4. The fourth-order valence-corrected chi connectivity index (χ4v) is 9.56. The van der Waals surface area contributed by atoms with Crippen molar-refractivity contribution in [1.29, 1.82) is 0 Å². The molecule has 0 saturated carbocycles. The number of amides is 8. The number of nitrogens with one attached hydrogen (secondary N) is 8. The van der Waals surface area contributed by atoms with E-state index in [2.05, 4.69) is 52.2 Å². The first-order valence-electron chi connectivity index (χ1n) is 28.1. The van der Waals surface area contributed by atoms with Crippen LogP contribution in [-0.4, -0.2) is 150 Å². The van der Waals surface area contributed by atoms with Crippen molar-refractivity contribution in [2.75, 3.05) is 32.8 Å². The molecule has 26 heteroatoms. The second-order valence-electron chi connectivity index (χ2n) is 22.6. The lowest BCUT2D eigenvalue weighted by molar-refractivity contribution is -0.140. The summed E-state index contributed by atoms with van der Waals surface area (Å²) in [7, 11) is 0. The van der Waals surface area contributed by atoms with Gasteiger partial charge in [-0.3, -0.25) is 48.1 Å². The molecule has 0 aliphatic heterocycles. The van der Waals surface area contributed by atoms with Crippen LogP contribution in [0.25, 0.3) is 11.1 Å². The Morgan fingerprint density at radius 3 is 2.07 bits per heavy atom. The van der Waals surface area contributed by atoms with Gasteiger partial charge in [-0.2, -0.15) is 0 Å². The fraction of sp³-hybridized carbons (Fsp3) is 0.450. The van der Waals surface area contributed by atoms with Gasteiger partial charge in [0.25, 0.3) is 0 Å². The standard InChI is InChI=1S/C60H79F2N13O11/c1-36(2)60(7,19-15-53(81)82)69-31-51(79)66-22-23-67-56(84)45(18-24-75(52(80)34-76)54(59(4,5)6)48-26-40(43-27-41(61)13-14-44(43)62)33-74(48)32-39-11-9-8-10-12-39)71-58(86)47(29-49(63)77)73-57(85)46(28-42-30-65-35-68-42)72-55(83)37(3)70-50(78)25-38-16-20-64-21-17-38/h8-14,16-17,20-21,26-27,30,33,35-37,45-47,54,69,76H,15,18-19,22-25,28-29,31-32,34H2,1-7H3,(H2,63,77)(H,65,68)(H,66,79)(H,67,84)(H,70,78)(H,71,86)(H,72,83)(H,73,85)(H,81,82)/t37-,45-,46+,47-,54-,60?/m0/s1. The van der Waals surface area contributed by atoms with Gasteiger partial charge in [0.05, 0.1) is 37.4 Å². The third-order valence-electron chi connectivity index (χ3n) is 14.6. The molecule has 0 fully saturated rings. The zero-order valence-electron chi connectivity index (χ0n) is 49.4. The van der Waals surface area contributed by atoms with Crippen molar-refractivity contribution in [3.63, 3.8) is 0 Å². The Hall–Kier alpha value is -8.91. The summed E-state index contributed by atoms with van der Waals surface area (Å²) in [5, 5.41) is 38.6. The van der Waals surface area contributed by atoms with E-state index in [1.165, 1.54) is 36.7 Å². The lowest BCUT2D eigenvalue weighted by Crippen LogP contribution is -2.59.